The molecule has 0 aromatic carbocycles. The number of nitrogens with zero attached hydrogens (tertiary/aromatic N) is 1. The molecular formula is C12H13N3O4. The van der Waals surface area contributed by atoms with E-state index in [2.05, 4.69) is 14.5 Å². The Bertz CT molecular complexity index is 593. The van der Waals surface area contributed by atoms with Gasteiger partial charge in [0.15, 0.2) is 0 Å². The van der Waals surface area contributed by atoms with Crippen molar-refractivity contribution in [1.29, 1.82) is 5.26 Å². The Kier molecular flexibility index (Phi) is 4.32. The second kappa shape index (κ2) is 5.73. The van der Waals surface area contributed by atoms with Crippen LogP contribution in [-0.2, 0) is 19.1 Å². The number of H-pyrrole nitrogens is 1. The fourth-order valence-electron chi connectivity index (χ4n) is 1.55. The van der Waals surface area contributed by atoms with Gasteiger partial charge in [0.2, 0.25) is 0 Å². The molecule has 1 aromatic heterocycles. The highest BCUT2D eigenvalue weighted by atomic mass is 16.5. The first-order valence-corrected chi connectivity index (χ1v) is 5.22. The molecule has 0 spiro atoms. The second-order valence-corrected chi connectivity index (χ2v) is 3.60. The Morgan fingerprint density at radius 2 is 2.00 bits per heavy atom. The van der Waals surface area contributed by atoms with Crippen LogP contribution >= 0.6 is 0 Å². The van der Waals surface area contributed by atoms with Gasteiger partial charge in [-0.05, 0) is 12.5 Å². The van der Waals surface area contributed by atoms with Gasteiger partial charge in [0.1, 0.15) is 11.9 Å². The first-order chi connectivity index (χ1) is 8.96. The van der Waals surface area contributed by atoms with Crippen LogP contribution in [0.4, 0.5) is 5.82 Å². The summed E-state index contributed by atoms with van der Waals surface area (Å²) >= 11 is 0. The first-order valence-electron chi connectivity index (χ1n) is 5.22. The highest BCUT2D eigenvalue weighted by molar-refractivity contribution is 6.20. The van der Waals surface area contributed by atoms with Crippen LogP contribution in [0.5, 0.6) is 0 Å². The number of carbonyl (C=O) groups is 2. The number of anilines is 1. The predicted octanol–water partition coefficient (Wildman–Crippen LogP) is 0.506. The topological polar surface area (TPSA) is 118 Å². The minimum absolute atomic E-state index is 0.0555. The molecule has 19 heavy (non-hydrogen) atoms. The van der Waals surface area contributed by atoms with Crippen LogP contribution in [0.25, 0.3) is 5.57 Å². The van der Waals surface area contributed by atoms with E-state index in [0.29, 0.717) is 5.56 Å². The smallest absolute Gasteiger partial charge is 0.340 e. The van der Waals surface area contributed by atoms with Crippen molar-refractivity contribution in [2.75, 3.05) is 20.0 Å². The fraction of sp³-hybridized carbons (Fsp3) is 0.250. The van der Waals surface area contributed by atoms with Crippen LogP contribution in [0.1, 0.15) is 16.8 Å². The number of nitrogens with one attached hydrogen (secondary N) is 1. The van der Waals surface area contributed by atoms with Gasteiger partial charge in [-0.15, -0.1) is 0 Å². The van der Waals surface area contributed by atoms with Crippen LogP contribution < -0.4 is 5.73 Å². The molecule has 100 valence electrons. The SMILES string of the molecule is COC(=O)/C=C(\C(=O)OC)c1[nH]c(N)c(C#N)c1C. The molecule has 1 aromatic rings. The molecule has 7 nitrogen and oxygen atoms in total. The number of carbonyl (C=O) groups excluding carboxylic acids is 2. The van der Waals surface area contributed by atoms with Gasteiger partial charge in [-0.3, -0.25) is 0 Å². The van der Waals surface area contributed by atoms with Gasteiger partial charge < -0.3 is 20.2 Å². The average molecular weight is 263 g/mol. The molecule has 0 fully saturated rings. The minimum atomic E-state index is -0.737. The van der Waals surface area contributed by atoms with E-state index >= 15 is 0 Å². The van der Waals surface area contributed by atoms with Crippen LogP contribution in [0, 0.1) is 18.3 Å². The molecule has 0 aliphatic carbocycles. The molecule has 3 N–H and O–H groups in total. The van der Waals surface area contributed by atoms with Crippen molar-refractivity contribution in [2.24, 2.45) is 0 Å². The average Bonchev–Trinajstić information content (AvgIpc) is 2.69. The van der Waals surface area contributed by atoms with Crippen LogP contribution in [0.15, 0.2) is 6.08 Å². The molecule has 0 radical (unpaired) electrons. The minimum Gasteiger partial charge on any atom is -0.466 e. The molecule has 1 heterocycles. The van der Waals surface area contributed by atoms with E-state index in [-0.39, 0.29) is 22.6 Å². The zero-order valence-electron chi connectivity index (χ0n) is 10.7. The van der Waals surface area contributed by atoms with E-state index in [0.717, 1.165) is 6.08 Å². The summed E-state index contributed by atoms with van der Waals surface area (Å²) in [6, 6.07) is 1.91. The number of aromatic nitrogens is 1. The number of hydrogen-bond donors (Lipinski definition) is 2. The van der Waals surface area contributed by atoms with Gasteiger partial charge in [0.25, 0.3) is 0 Å². The van der Waals surface area contributed by atoms with Crippen molar-refractivity contribution >= 4 is 23.3 Å². The summed E-state index contributed by atoms with van der Waals surface area (Å²) in [5.41, 5.74) is 6.50. The highest BCUT2D eigenvalue weighted by Gasteiger charge is 2.22. The van der Waals surface area contributed by atoms with Crippen molar-refractivity contribution in [3.63, 3.8) is 0 Å². The largest absolute Gasteiger partial charge is 0.466 e. The number of esters is 2. The number of nitrogen functional groups attached to an aromatic ring is 1. The molecule has 7 heteroatoms. The molecule has 0 aliphatic rings. The third-order valence-corrected chi connectivity index (χ3v) is 2.53. The molecule has 0 saturated carbocycles. The molecule has 1 rings (SSSR count). The number of ether oxygens (including phenoxy) is 2. The molecule has 0 bridgehead atoms. The van der Waals surface area contributed by atoms with Crippen molar-refractivity contribution in [2.45, 2.75) is 6.92 Å². The van der Waals surface area contributed by atoms with E-state index in [1.807, 2.05) is 6.07 Å². The molecule has 0 saturated heterocycles. The third-order valence-electron chi connectivity index (χ3n) is 2.53. The highest BCUT2D eigenvalue weighted by Crippen LogP contribution is 2.26. The standard InChI is InChI=1S/C12H13N3O4/c1-6-8(5-13)11(14)15-10(6)7(12(17)19-3)4-9(16)18-2/h4,15H,14H2,1-3H3/b7-4-. The predicted molar refractivity (Wildman–Crippen MR) is 66.7 cm³/mol. The van der Waals surface area contributed by atoms with Gasteiger partial charge in [-0.2, -0.15) is 5.26 Å². The maximum atomic E-state index is 11.7. The van der Waals surface area contributed by atoms with Gasteiger partial charge >= 0.3 is 11.9 Å². The Morgan fingerprint density at radius 3 is 2.42 bits per heavy atom. The van der Waals surface area contributed by atoms with E-state index in [1.165, 1.54) is 14.2 Å². The van der Waals surface area contributed by atoms with Gasteiger partial charge in [0, 0.05) is 6.08 Å². The number of aromatic amines is 1. The van der Waals surface area contributed by atoms with Gasteiger partial charge in [-0.1, -0.05) is 0 Å². The Hall–Kier alpha value is -2.75. The molecule has 0 amide bonds. The summed E-state index contributed by atoms with van der Waals surface area (Å²) in [6.45, 7) is 1.61. The zero-order chi connectivity index (χ0) is 14.6. The molecule has 0 atom stereocenters. The lowest BCUT2D eigenvalue weighted by Crippen LogP contribution is -2.08. The number of methoxy groups -OCH3 is 2. The third kappa shape index (κ3) is 2.74. The number of nitrogens with two attached hydrogens (primary N) is 1. The van der Waals surface area contributed by atoms with E-state index < -0.39 is 11.9 Å². The normalized spacial score (nSPS) is 10.7. The summed E-state index contributed by atoms with van der Waals surface area (Å²) < 4.78 is 9.06. The quantitative estimate of drug-likeness (QED) is 0.605. The Balaban J connectivity index is 3.43. The van der Waals surface area contributed by atoms with Crippen LogP contribution in [0.2, 0.25) is 0 Å². The molecule has 0 unspecified atom stereocenters. The number of rotatable bonds is 3. The van der Waals surface area contributed by atoms with Crippen molar-refractivity contribution < 1.29 is 19.1 Å². The lowest BCUT2D eigenvalue weighted by atomic mass is 10.1. The van der Waals surface area contributed by atoms with Gasteiger partial charge in [-0.25, -0.2) is 9.59 Å². The molecule has 0 aliphatic heterocycles. The summed E-state index contributed by atoms with van der Waals surface area (Å²) in [5.74, 6) is -1.33. The van der Waals surface area contributed by atoms with Crippen molar-refractivity contribution in [3.05, 3.63) is 22.9 Å². The van der Waals surface area contributed by atoms with Crippen molar-refractivity contribution in [3.8, 4) is 6.07 Å². The Morgan fingerprint density at radius 1 is 1.37 bits per heavy atom. The second-order valence-electron chi connectivity index (χ2n) is 3.60. The monoisotopic (exact) mass is 263 g/mol. The van der Waals surface area contributed by atoms with E-state index in [1.54, 1.807) is 6.92 Å². The van der Waals surface area contributed by atoms with E-state index in [4.69, 9.17) is 11.0 Å². The number of nitriles is 1. The van der Waals surface area contributed by atoms with Crippen molar-refractivity contribution in [1.82, 2.24) is 4.98 Å². The number of hydrogen-bond acceptors (Lipinski definition) is 6. The van der Waals surface area contributed by atoms with Gasteiger partial charge in [0.05, 0.1) is 31.1 Å². The molecular weight excluding hydrogens is 250 g/mol. The lowest BCUT2D eigenvalue weighted by Gasteiger charge is -2.04. The summed E-state index contributed by atoms with van der Waals surface area (Å²) in [4.78, 5) is 25.6. The zero-order valence-corrected chi connectivity index (χ0v) is 10.7. The maximum Gasteiger partial charge on any atom is 0.340 e. The summed E-state index contributed by atoms with van der Waals surface area (Å²) in [7, 11) is 2.37. The lowest BCUT2D eigenvalue weighted by molar-refractivity contribution is -0.136. The maximum absolute atomic E-state index is 11.7. The van der Waals surface area contributed by atoms with E-state index in [9.17, 15) is 9.59 Å². The Labute approximate surface area is 109 Å². The summed E-state index contributed by atoms with van der Waals surface area (Å²) in [5, 5.41) is 8.94. The fourth-order valence-corrected chi connectivity index (χ4v) is 1.55. The first kappa shape index (κ1) is 14.3. The van der Waals surface area contributed by atoms with Crippen LogP contribution in [-0.4, -0.2) is 31.1 Å². The van der Waals surface area contributed by atoms with Crippen LogP contribution in [0.3, 0.4) is 0 Å². The summed E-state index contributed by atoms with van der Waals surface area (Å²) in [6.07, 6.45) is 0.977.